The van der Waals surface area contributed by atoms with Crippen molar-refractivity contribution in [2.24, 2.45) is 5.92 Å². The van der Waals surface area contributed by atoms with Crippen LogP contribution in [-0.4, -0.2) is 66.2 Å². The van der Waals surface area contributed by atoms with Crippen molar-refractivity contribution >= 4 is 16.7 Å². The summed E-state index contributed by atoms with van der Waals surface area (Å²) in [6.45, 7) is 6.60. The summed E-state index contributed by atoms with van der Waals surface area (Å²) in [5, 5.41) is 14.4. The fourth-order valence-corrected chi connectivity index (χ4v) is 6.81. The van der Waals surface area contributed by atoms with Gasteiger partial charge in [0.15, 0.2) is 0 Å². The predicted octanol–water partition coefficient (Wildman–Crippen LogP) is 5.50. The Morgan fingerprint density at radius 2 is 1.86 bits per heavy atom. The van der Waals surface area contributed by atoms with E-state index < -0.39 is 11.0 Å². The van der Waals surface area contributed by atoms with Gasteiger partial charge in [0.05, 0.1) is 12.7 Å². The number of aliphatic hydroxyl groups is 1. The van der Waals surface area contributed by atoms with Crippen molar-refractivity contribution in [3.05, 3.63) is 77.9 Å². The molecule has 1 aliphatic heterocycles. The molecule has 0 radical (unpaired) electrons. The van der Waals surface area contributed by atoms with E-state index in [1.807, 2.05) is 42.5 Å². The Morgan fingerprint density at radius 3 is 2.62 bits per heavy atom. The molecule has 2 aliphatic rings. The van der Waals surface area contributed by atoms with Crippen LogP contribution in [0.4, 0.5) is 0 Å². The second-order valence-corrected chi connectivity index (χ2v) is 11.6. The van der Waals surface area contributed by atoms with Crippen molar-refractivity contribution in [1.82, 2.24) is 9.80 Å². The van der Waals surface area contributed by atoms with Gasteiger partial charge in [-0.05, 0) is 85.8 Å². The number of nitrogens with zero attached hydrogens (tertiary/aromatic N) is 2. The van der Waals surface area contributed by atoms with Crippen molar-refractivity contribution in [1.29, 1.82) is 0 Å². The Balaban J connectivity index is 1.53. The number of likely N-dealkylation sites (N-methyl/N-ethyl adjacent to an activating group) is 1. The molecule has 5 heteroatoms. The summed E-state index contributed by atoms with van der Waals surface area (Å²) in [5.74, 6) is 1.24. The fraction of sp³-hybridized carbons (Fsp3) is 0.469. The van der Waals surface area contributed by atoms with E-state index in [0.717, 1.165) is 53.5 Å². The molecule has 1 heterocycles. The van der Waals surface area contributed by atoms with Crippen molar-refractivity contribution in [2.45, 2.75) is 56.6 Å². The molecule has 0 spiro atoms. The lowest BCUT2D eigenvalue weighted by Crippen LogP contribution is -2.67. The SMILES string of the molecule is COc1cccc(C23CCN(C)CC2(O)CCC(N(CC(C)C)C(=O)c2ccc4ccccc4c2)C3)c1. The predicted molar refractivity (Wildman–Crippen MR) is 149 cm³/mol. The summed E-state index contributed by atoms with van der Waals surface area (Å²) in [7, 11) is 3.78. The molecule has 3 atom stereocenters. The third kappa shape index (κ3) is 4.75. The standard InChI is InChI=1S/C32H40N2O3/c1-23(2)21-34(30(35)26-13-12-24-8-5-6-9-25(24)18-26)28-14-15-32(36)22-33(3)17-16-31(32,20-28)27-10-7-11-29(19-27)37-4/h5-13,18-19,23,28,36H,14-17,20-22H2,1-4H3. The van der Waals surface area contributed by atoms with Crippen LogP contribution < -0.4 is 4.74 Å². The van der Waals surface area contributed by atoms with E-state index in [-0.39, 0.29) is 11.9 Å². The molecule has 3 unspecified atom stereocenters. The molecular formula is C32H40N2O3. The first-order valence-corrected chi connectivity index (χ1v) is 13.6. The number of methoxy groups -OCH3 is 1. The summed E-state index contributed by atoms with van der Waals surface area (Å²) in [6, 6.07) is 22.5. The molecule has 3 aromatic rings. The second-order valence-electron chi connectivity index (χ2n) is 11.6. The van der Waals surface area contributed by atoms with Crippen LogP contribution in [0.2, 0.25) is 0 Å². The number of piperidine rings is 1. The van der Waals surface area contributed by atoms with Gasteiger partial charge in [0.25, 0.3) is 5.91 Å². The van der Waals surface area contributed by atoms with E-state index in [9.17, 15) is 9.90 Å². The molecule has 0 bridgehead atoms. The van der Waals surface area contributed by atoms with Crippen LogP contribution in [0, 0.1) is 5.92 Å². The first kappa shape index (κ1) is 25.7. The highest BCUT2D eigenvalue weighted by molar-refractivity contribution is 5.98. The number of hydrogen-bond donors (Lipinski definition) is 1. The highest BCUT2D eigenvalue weighted by Gasteiger charge is 2.58. The first-order valence-electron chi connectivity index (χ1n) is 13.6. The van der Waals surface area contributed by atoms with Gasteiger partial charge in [-0.1, -0.05) is 56.3 Å². The van der Waals surface area contributed by atoms with Gasteiger partial charge >= 0.3 is 0 Å². The molecule has 0 aromatic heterocycles. The number of hydrogen-bond acceptors (Lipinski definition) is 4. The molecule has 1 amide bonds. The Labute approximate surface area is 221 Å². The van der Waals surface area contributed by atoms with Gasteiger partial charge in [0.2, 0.25) is 0 Å². The molecule has 196 valence electrons. The number of likely N-dealkylation sites (tertiary alicyclic amines) is 1. The number of amides is 1. The van der Waals surface area contributed by atoms with Crippen LogP contribution in [0.25, 0.3) is 10.8 Å². The molecule has 3 aromatic carbocycles. The maximum absolute atomic E-state index is 14.1. The third-order valence-electron chi connectivity index (χ3n) is 8.70. The van der Waals surface area contributed by atoms with Gasteiger partial charge in [-0.3, -0.25) is 4.79 Å². The van der Waals surface area contributed by atoms with Gasteiger partial charge in [-0.15, -0.1) is 0 Å². The van der Waals surface area contributed by atoms with Crippen LogP contribution in [0.5, 0.6) is 5.75 Å². The molecule has 1 saturated heterocycles. The molecular weight excluding hydrogens is 460 g/mol. The van der Waals surface area contributed by atoms with E-state index in [1.165, 1.54) is 0 Å². The van der Waals surface area contributed by atoms with Crippen LogP contribution in [0.1, 0.15) is 55.5 Å². The van der Waals surface area contributed by atoms with E-state index in [0.29, 0.717) is 25.4 Å². The van der Waals surface area contributed by atoms with Crippen molar-refractivity contribution in [3.8, 4) is 5.75 Å². The molecule has 2 fully saturated rings. The number of benzene rings is 3. The number of β-amino-alcohol motifs (C(OH)–C–C–N with tert-alkyl or cyclic N) is 1. The summed E-state index contributed by atoms with van der Waals surface area (Å²) in [5.41, 5.74) is 0.572. The smallest absolute Gasteiger partial charge is 0.254 e. The van der Waals surface area contributed by atoms with Crippen LogP contribution in [-0.2, 0) is 5.41 Å². The average Bonchev–Trinajstić information content (AvgIpc) is 2.90. The largest absolute Gasteiger partial charge is 0.497 e. The number of carbonyl (C=O) groups is 1. The van der Waals surface area contributed by atoms with Crippen molar-refractivity contribution < 1.29 is 14.6 Å². The van der Waals surface area contributed by atoms with E-state index in [2.05, 4.69) is 55.0 Å². The monoisotopic (exact) mass is 500 g/mol. The van der Waals surface area contributed by atoms with Gasteiger partial charge in [0, 0.05) is 30.1 Å². The van der Waals surface area contributed by atoms with Gasteiger partial charge < -0.3 is 19.6 Å². The summed E-state index contributed by atoms with van der Waals surface area (Å²) in [4.78, 5) is 18.4. The number of carbonyl (C=O) groups excluding carboxylic acids is 1. The highest BCUT2D eigenvalue weighted by Crippen LogP contribution is 2.53. The Morgan fingerprint density at radius 1 is 1.08 bits per heavy atom. The maximum Gasteiger partial charge on any atom is 0.254 e. The lowest BCUT2D eigenvalue weighted by atomic mass is 9.55. The fourth-order valence-electron chi connectivity index (χ4n) is 6.81. The molecule has 5 nitrogen and oxygen atoms in total. The quantitative estimate of drug-likeness (QED) is 0.485. The molecule has 1 saturated carbocycles. The van der Waals surface area contributed by atoms with E-state index in [4.69, 9.17) is 4.74 Å². The lowest BCUT2D eigenvalue weighted by Gasteiger charge is -2.59. The number of fused-ring (bicyclic) bond motifs is 2. The normalized spacial score (nSPS) is 26.2. The summed E-state index contributed by atoms with van der Waals surface area (Å²) in [6.07, 6.45) is 3.06. The van der Waals surface area contributed by atoms with Crippen LogP contribution >= 0.6 is 0 Å². The average molecular weight is 501 g/mol. The highest BCUT2D eigenvalue weighted by atomic mass is 16.5. The molecule has 1 aliphatic carbocycles. The Hall–Kier alpha value is -2.89. The lowest BCUT2D eigenvalue weighted by molar-refractivity contribution is -0.129. The number of ether oxygens (including phenoxy) is 1. The zero-order chi connectivity index (χ0) is 26.2. The third-order valence-corrected chi connectivity index (χ3v) is 8.70. The minimum atomic E-state index is -0.849. The number of rotatable bonds is 6. The molecule has 5 rings (SSSR count). The topological polar surface area (TPSA) is 53.0 Å². The Bertz CT molecular complexity index is 1270. The molecule has 1 N–H and O–H groups in total. The zero-order valence-corrected chi connectivity index (χ0v) is 22.6. The van der Waals surface area contributed by atoms with E-state index >= 15 is 0 Å². The zero-order valence-electron chi connectivity index (χ0n) is 22.6. The van der Waals surface area contributed by atoms with Crippen molar-refractivity contribution in [2.75, 3.05) is 33.8 Å². The van der Waals surface area contributed by atoms with Gasteiger partial charge in [0.1, 0.15) is 5.75 Å². The van der Waals surface area contributed by atoms with Gasteiger partial charge in [-0.2, -0.15) is 0 Å². The second kappa shape index (κ2) is 10.1. The summed E-state index contributed by atoms with van der Waals surface area (Å²) >= 11 is 0. The minimum Gasteiger partial charge on any atom is -0.497 e. The molecule has 37 heavy (non-hydrogen) atoms. The van der Waals surface area contributed by atoms with Crippen molar-refractivity contribution in [3.63, 3.8) is 0 Å². The summed E-state index contributed by atoms with van der Waals surface area (Å²) < 4.78 is 5.58. The maximum atomic E-state index is 14.1. The first-order chi connectivity index (χ1) is 17.7. The Kier molecular flexibility index (Phi) is 7.03. The minimum absolute atomic E-state index is 0.0521. The van der Waals surface area contributed by atoms with Gasteiger partial charge in [-0.25, -0.2) is 0 Å². The van der Waals surface area contributed by atoms with Crippen LogP contribution in [0.3, 0.4) is 0 Å². The van der Waals surface area contributed by atoms with E-state index in [1.54, 1.807) is 7.11 Å². The van der Waals surface area contributed by atoms with Crippen LogP contribution in [0.15, 0.2) is 66.7 Å².